The first-order valence-corrected chi connectivity index (χ1v) is 10.7. The summed E-state index contributed by atoms with van der Waals surface area (Å²) >= 11 is 0. The van der Waals surface area contributed by atoms with Crippen LogP contribution in [0.15, 0.2) is 0 Å². The Kier molecular flexibility index (Phi) is 5.23. The van der Waals surface area contributed by atoms with E-state index >= 15 is 0 Å². The van der Waals surface area contributed by atoms with E-state index in [1.807, 2.05) is 61.2 Å². The maximum absolute atomic E-state index is 12.6. The van der Waals surface area contributed by atoms with E-state index in [-0.39, 0.29) is 0 Å². The molecule has 4 nitrogen and oxygen atoms in total. The van der Waals surface area contributed by atoms with Gasteiger partial charge in [-0.1, -0.05) is 0 Å². The van der Waals surface area contributed by atoms with Crippen LogP contribution in [0.2, 0.25) is 19.6 Å². The summed E-state index contributed by atoms with van der Waals surface area (Å²) in [5, 5.41) is 0. The van der Waals surface area contributed by atoms with Gasteiger partial charge in [-0.25, -0.2) is 4.57 Å². The molecule has 0 saturated heterocycles. The number of rotatable bonds is 4. The molecule has 0 saturated carbocycles. The molecule has 0 fully saturated rings. The highest BCUT2D eigenvalue weighted by Gasteiger charge is 2.40. The molecular formula is C11H27O4PSi. The fraction of sp³-hybridized carbons (Fsp3) is 1.00. The molecule has 6 heteroatoms. The first-order chi connectivity index (χ1) is 7.12. The first kappa shape index (κ1) is 17.3. The van der Waals surface area contributed by atoms with Crippen molar-refractivity contribution in [2.75, 3.05) is 0 Å². The van der Waals surface area contributed by atoms with Crippen molar-refractivity contribution >= 4 is 16.1 Å². The third-order valence-electron chi connectivity index (χ3n) is 1.16. The summed E-state index contributed by atoms with van der Waals surface area (Å²) < 4.78 is 29.3. The van der Waals surface area contributed by atoms with Crippen molar-refractivity contribution in [1.29, 1.82) is 0 Å². The van der Waals surface area contributed by atoms with Crippen LogP contribution in [0.3, 0.4) is 0 Å². The molecule has 0 atom stereocenters. The molecule has 17 heavy (non-hydrogen) atoms. The van der Waals surface area contributed by atoms with Gasteiger partial charge in [0, 0.05) is 0 Å². The van der Waals surface area contributed by atoms with Crippen LogP contribution in [-0.2, 0) is 17.8 Å². The number of hydrogen-bond donors (Lipinski definition) is 0. The van der Waals surface area contributed by atoms with Crippen molar-refractivity contribution < 1.29 is 17.8 Å². The smallest absolute Gasteiger partial charge is 0.330 e. The molecule has 0 aromatic rings. The largest absolute Gasteiger partial charge is 0.465 e. The highest BCUT2D eigenvalue weighted by Crippen LogP contribution is 2.57. The zero-order chi connectivity index (χ0) is 14.1. The molecule has 0 spiro atoms. The summed E-state index contributed by atoms with van der Waals surface area (Å²) in [5.41, 5.74) is -1.14. The topological polar surface area (TPSA) is 44.8 Å². The minimum absolute atomic E-state index is 0.569. The van der Waals surface area contributed by atoms with Crippen LogP contribution >= 0.6 is 7.82 Å². The Bertz CT molecular complexity index is 249. The summed E-state index contributed by atoms with van der Waals surface area (Å²) in [5.74, 6) is 0. The van der Waals surface area contributed by atoms with E-state index in [0.29, 0.717) is 0 Å². The van der Waals surface area contributed by atoms with Crippen LogP contribution < -0.4 is 0 Å². The second-order valence-corrected chi connectivity index (χ2v) is 13.3. The van der Waals surface area contributed by atoms with E-state index in [2.05, 4.69) is 0 Å². The van der Waals surface area contributed by atoms with Gasteiger partial charge in [0.1, 0.15) is 0 Å². The van der Waals surface area contributed by atoms with Gasteiger partial charge in [-0.3, -0.25) is 9.05 Å². The molecule has 0 heterocycles. The van der Waals surface area contributed by atoms with Gasteiger partial charge in [0.15, 0.2) is 8.32 Å². The minimum atomic E-state index is -3.52. The second kappa shape index (κ2) is 5.14. The van der Waals surface area contributed by atoms with Gasteiger partial charge in [-0.05, 0) is 61.2 Å². The standard InChI is InChI=1S/C11H27O4PSi/c1-10(2,3)13-16(12,14-11(4,5)6)15-17(7,8)9/h1-9H3. The van der Waals surface area contributed by atoms with E-state index in [9.17, 15) is 4.57 Å². The van der Waals surface area contributed by atoms with Crippen LogP contribution in [0, 0.1) is 0 Å². The zero-order valence-electron chi connectivity index (χ0n) is 12.6. The van der Waals surface area contributed by atoms with Gasteiger partial charge in [-0.15, -0.1) is 0 Å². The number of phosphoric acid groups is 1. The Morgan fingerprint density at radius 3 is 1.29 bits per heavy atom. The van der Waals surface area contributed by atoms with Crippen LogP contribution in [0.5, 0.6) is 0 Å². The van der Waals surface area contributed by atoms with Crippen molar-refractivity contribution in [1.82, 2.24) is 0 Å². The molecule has 0 unspecified atom stereocenters. The fourth-order valence-electron chi connectivity index (χ4n) is 1.06. The summed E-state index contributed by atoms with van der Waals surface area (Å²) in [7, 11) is -5.53. The molecule has 0 rings (SSSR count). The highest BCUT2D eigenvalue weighted by molar-refractivity contribution is 7.50. The molecule has 0 amide bonds. The van der Waals surface area contributed by atoms with Gasteiger partial charge in [0.2, 0.25) is 0 Å². The van der Waals surface area contributed by atoms with Gasteiger partial charge in [0.25, 0.3) is 0 Å². The summed E-state index contributed by atoms with van der Waals surface area (Å²) in [6.45, 7) is 16.9. The molecule has 0 radical (unpaired) electrons. The number of phosphoric ester groups is 1. The molecule has 0 aromatic heterocycles. The van der Waals surface area contributed by atoms with Gasteiger partial charge >= 0.3 is 7.82 Å². The number of hydrogen-bond acceptors (Lipinski definition) is 4. The summed E-state index contributed by atoms with van der Waals surface area (Å²) in [4.78, 5) is 0. The van der Waals surface area contributed by atoms with Gasteiger partial charge in [-0.2, -0.15) is 0 Å². The molecule has 0 aliphatic carbocycles. The SMILES string of the molecule is CC(C)(C)OP(=O)(OC(C)(C)C)O[Si](C)(C)C. The molecular weight excluding hydrogens is 255 g/mol. The predicted octanol–water partition coefficient (Wildman–Crippen LogP) is 4.58. The van der Waals surface area contributed by atoms with Crippen molar-refractivity contribution in [3.05, 3.63) is 0 Å². The third kappa shape index (κ3) is 9.98. The first-order valence-electron chi connectivity index (χ1n) is 5.84. The van der Waals surface area contributed by atoms with Gasteiger partial charge in [0.05, 0.1) is 11.2 Å². The van der Waals surface area contributed by atoms with Crippen molar-refractivity contribution in [2.24, 2.45) is 0 Å². The average Bonchev–Trinajstić information content (AvgIpc) is 1.65. The Hall–Kier alpha value is 0.327. The average molecular weight is 282 g/mol. The van der Waals surface area contributed by atoms with E-state index in [1.165, 1.54) is 0 Å². The molecule has 104 valence electrons. The molecule has 0 N–H and O–H groups in total. The highest BCUT2D eigenvalue weighted by atomic mass is 31.2. The Morgan fingerprint density at radius 2 is 1.12 bits per heavy atom. The summed E-state index contributed by atoms with van der Waals surface area (Å²) in [6, 6.07) is 0. The maximum Gasteiger partial charge on any atom is 0.465 e. The fourth-order valence-corrected chi connectivity index (χ4v) is 5.42. The van der Waals surface area contributed by atoms with E-state index in [1.54, 1.807) is 0 Å². The van der Waals surface area contributed by atoms with Crippen molar-refractivity contribution in [3.63, 3.8) is 0 Å². The van der Waals surface area contributed by atoms with Crippen LogP contribution in [0.25, 0.3) is 0 Å². The molecule has 0 bridgehead atoms. The van der Waals surface area contributed by atoms with Crippen LogP contribution in [0.4, 0.5) is 0 Å². The Labute approximate surface area is 107 Å². The lowest BCUT2D eigenvalue weighted by Gasteiger charge is -2.34. The molecule has 0 aliphatic heterocycles. The van der Waals surface area contributed by atoms with Crippen LogP contribution in [0.1, 0.15) is 41.5 Å². The van der Waals surface area contributed by atoms with E-state index in [4.69, 9.17) is 13.3 Å². The normalized spacial score (nSPS) is 15.1. The van der Waals surface area contributed by atoms with E-state index in [0.717, 1.165) is 0 Å². The molecule has 0 aromatic carbocycles. The van der Waals surface area contributed by atoms with Gasteiger partial charge < -0.3 is 4.21 Å². The lowest BCUT2D eigenvalue weighted by Crippen LogP contribution is -2.31. The lowest BCUT2D eigenvalue weighted by molar-refractivity contribution is 0.0214. The zero-order valence-corrected chi connectivity index (χ0v) is 14.5. The Balaban J connectivity index is 5.03. The quantitative estimate of drug-likeness (QED) is 0.559. The monoisotopic (exact) mass is 282 g/mol. The van der Waals surface area contributed by atoms with Crippen molar-refractivity contribution in [2.45, 2.75) is 72.4 Å². The predicted molar refractivity (Wildman–Crippen MR) is 73.7 cm³/mol. The van der Waals surface area contributed by atoms with Crippen LogP contribution in [-0.4, -0.2) is 19.5 Å². The lowest BCUT2D eigenvalue weighted by atomic mass is 10.2. The summed E-state index contributed by atoms with van der Waals surface area (Å²) in [6.07, 6.45) is 0. The maximum atomic E-state index is 12.6. The minimum Gasteiger partial charge on any atom is -0.330 e. The van der Waals surface area contributed by atoms with Crippen molar-refractivity contribution in [3.8, 4) is 0 Å². The molecule has 0 aliphatic rings. The Morgan fingerprint density at radius 1 is 0.824 bits per heavy atom. The second-order valence-electron chi connectivity index (χ2n) is 7.06. The van der Waals surface area contributed by atoms with E-state index < -0.39 is 27.3 Å². The third-order valence-corrected chi connectivity index (χ3v) is 5.78.